The summed E-state index contributed by atoms with van der Waals surface area (Å²) in [7, 11) is -3.36. The highest BCUT2D eigenvalue weighted by atomic mass is 32.2. The van der Waals surface area contributed by atoms with Gasteiger partial charge < -0.3 is 5.32 Å². The Morgan fingerprint density at radius 2 is 2.00 bits per heavy atom. The fraction of sp³-hybridized carbons (Fsp3) is 0.176. The molecule has 3 aliphatic rings. The Morgan fingerprint density at radius 1 is 1.22 bits per heavy atom. The number of sulfone groups is 1. The smallest absolute Gasteiger partial charge is 0.256 e. The third-order valence-corrected chi connectivity index (χ3v) is 5.19. The van der Waals surface area contributed by atoms with Gasteiger partial charge in [-0.3, -0.25) is 4.79 Å². The molecule has 0 aromatic carbocycles. The number of aryl methyl sites for hydroxylation is 1. The maximum absolute atomic E-state index is 12.5. The summed E-state index contributed by atoms with van der Waals surface area (Å²) in [5.41, 5.74) is 6.43. The third-order valence-electron chi connectivity index (χ3n) is 4.20. The molecule has 0 atom stereocenters. The van der Waals surface area contributed by atoms with Gasteiger partial charge in [0.15, 0.2) is 14.9 Å². The lowest BCUT2D eigenvalue weighted by Crippen LogP contribution is -2.15. The first-order valence-electron chi connectivity index (χ1n) is 7.20. The van der Waals surface area contributed by atoms with Gasteiger partial charge in [0.05, 0.1) is 11.4 Å². The summed E-state index contributed by atoms with van der Waals surface area (Å²) in [6.45, 7) is 1.67. The van der Waals surface area contributed by atoms with Gasteiger partial charge in [-0.05, 0) is 59.9 Å². The molecule has 116 valence electrons. The summed E-state index contributed by atoms with van der Waals surface area (Å²) in [6.07, 6.45) is 8.02. The molecule has 0 radical (unpaired) electrons. The first-order chi connectivity index (χ1) is 10.8. The zero-order valence-electron chi connectivity index (χ0n) is 12.7. The minimum atomic E-state index is -3.36. The summed E-state index contributed by atoms with van der Waals surface area (Å²) >= 11 is 0. The lowest BCUT2D eigenvalue weighted by Gasteiger charge is -2.10. The summed E-state index contributed by atoms with van der Waals surface area (Å²) in [4.78, 5) is 16.5. The summed E-state index contributed by atoms with van der Waals surface area (Å²) < 4.78 is 23.0. The second-order valence-corrected chi connectivity index (χ2v) is 7.87. The first-order valence-corrected chi connectivity index (χ1v) is 9.09. The van der Waals surface area contributed by atoms with E-state index in [1.807, 2.05) is 12.2 Å². The van der Waals surface area contributed by atoms with Gasteiger partial charge in [0.1, 0.15) is 0 Å². The van der Waals surface area contributed by atoms with E-state index >= 15 is 0 Å². The Morgan fingerprint density at radius 3 is 2.70 bits per heavy atom. The zero-order chi connectivity index (χ0) is 16.4. The Bertz CT molecular complexity index is 1010. The number of amides is 1. The number of hydrogen-bond donors (Lipinski definition) is 1. The number of pyridine rings is 1. The van der Waals surface area contributed by atoms with Crippen molar-refractivity contribution in [1.29, 1.82) is 0 Å². The van der Waals surface area contributed by atoms with Gasteiger partial charge in [-0.25, -0.2) is 13.4 Å². The fourth-order valence-corrected chi connectivity index (χ4v) is 3.52. The molecule has 1 heterocycles. The second kappa shape index (κ2) is 4.52. The van der Waals surface area contributed by atoms with Crippen LogP contribution in [0.5, 0.6) is 0 Å². The van der Waals surface area contributed by atoms with Gasteiger partial charge in [0.2, 0.25) is 0 Å². The molecule has 0 aliphatic heterocycles. The van der Waals surface area contributed by atoms with Crippen LogP contribution in [0.1, 0.15) is 12.1 Å². The molecule has 0 unspecified atom stereocenters. The van der Waals surface area contributed by atoms with Crippen LogP contribution in [0.15, 0.2) is 63.3 Å². The van der Waals surface area contributed by atoms with Crippen LogP contribution in [0.3, 0.4) is 0 Å². The molecule has 1 fully saturated rings. The van der Waals surface area contributed by atoms with Crippen molar-refractivity contribution in [2.75, 3.05) is 11.6 Å². The molecular weight excluding hydrogens is 312 g/mol. The van der Waals surface area contributed by atoms with Crippen molar-refractivity contribution in [3.8, 4) is 0 Å². The zero-order valence-corrected chi connectivity index (χ0v) is 13.5. The van der Waals surface area contributed by atoms with Gasteiger partial charge in [0.25, 0.3) is 5.91 Å². The largest absolute Gasteiger partial charge is 0.320 e. The highest BCUT2D eigenvalue weighted by Gasteiger charge is 2.35. The average molecular weight is 326 g/mol. The van der Waals surface area contributed by atoms with Crippen LogP contribution in [-0.2, 0) is 14.6 Å². The number of carbonyl (C=O) groups is 1. The van der Waals surface area contributed by atoms with Gasteiger partial charge in [-0.15, -0.1) is 0 Å². The summed E-state index contributed by atoms with van der Waals surface area (Å²) in [6, 6.07) is 2.98. The number of carbonyl (C=O) groups excluding carboxylic acids is 1. The van der Waals surface area contributed by atoms with E-state index in [0.29, 0.717) is 17.0 Å². The molecule has 4 rings (SSSR count). The van der Waals surface area contributed by atoms with E-state index in [2.05, 4.69) is 16.4 Å². The second-order valence-electron chi connectivity index (χ2n) is 5.91. The van der Waals surface area contributed by atoms with Crippen molar-refractivity contribution < 1.29 is 13.2 Å². The maximum Gasteiger partial charge on any atom is 0.256 e. The third kappa shape index (κ3) is 2.26. The molecule has 1 amide bonds. The topological polar surface area (TPSA) is 76.1 Å². The fourth-order valence-electron chi connectivity index (χ4n) is 2.90. The quantitative estimate of drug-likeness (QED) is 0.924. The van der Waals surface area contributed by atoms with E-state index in [4.69, 9.17) is 0 Å². The van der Waals surface area contributed by atoms with Crippen molar-refractivity contribution in [2.45, 2.75) is 18.4 Å². The normalized spacial score (nSPS) is 18.1. The molecule has 1 aromatic heterocycles. The van der Waals surface area contributed by atoms with Crippen LogP contribution < -0.4 is 5.32 Å². The molecule has 23 heavy (non-hydrogen) atoms. The lowest BCUT2D eigenvalue weighted by atomic mass is 10.1. The van der Waals surface area contributed by atoms with Crippen molar-refractivity contribution in [3.05, 3.63) is 63.9 Å². The van der Waals surface area contributed by atoms with Crippen LogP contribution in [0.2, 0.25) is 0 Å². The van der Waals surface area contributed by atoms with Crippen LogP contribution in [0, 0.1) is 6.92 Å². The van der Waals surface area contributed by atoms with Crippen LogP contribution in [0.25, 0.3) is 0 Å². The molecule has 1 N–H and O–H groups in total. The van der Waals surface area contributed by atoms with Gasteiger partial charge >= 0.3 is 0 Å². The van der Waals surface area contributed by atoms with Gasteiger partial charge in [-0.1, -0.05) is 6.08 Å². The monoisotopic (exact) mass is 326 g/mol. The number of nitrogens with one attached hydrogen (secondary N) is 1. The predicted octanol–water partition coefficient (Wildman–Crippen LogP) is 2.24. The number of fused-ring (bicyclic) bond motifs is 2. The predicted molar refractivity (Wildman–Crippen MR) is 86.6 cm³/mol. The molecule has 0 spiro atoms. The highest BCUT2D eigenvalue weighted by molar-refractivity contribution is 7.90. The molecule has 5 nitrogen and oxygen atoms in total. The number of rotatable bonds is 3. The van der Waals surface area contributed by atoms with Crippen molar-refractivity contribution in [1.82, 2.24) is 4.98 Å². The Hall–Kier alpha value is -2.47. The minimum absolute atomic E-state index is 0.00317. The van der Waals surface area contributed by atoms with E-state index in [0.717, 1.165) is 23.8 Å². The number of nitrogens with zero attached hydrogens (tertiary/aromatic N) is 1. The molecule has 6 heteroatoms. The van der Waals surface area contributed by atoms with E-state index in [1.165, 1.54) is 17.2 Å². The highest BCUT2D eigenvalue weighted by Crippen LogP contribution is 2.51. The van der Waals surface area contributed by atoms with Crippen molar-refractivity contribution in [2.24, 2.45) is 0 Å². The summed E-state index contributed by atoms with van der Waals surface area (Å²) in [5, 5.41) is 2.82. The number of hydrogen-bond acceptors (Lipinski definition) is 4. The Kier molecular flexibility index (Phi) is 2.78. The Balaban J connectivity index is 1.61. The van der Waals surface area contributed by atoms with Crippen LogP contribution >= 0.6 is 0 Å². The molecular formula is C17H14N2O3S. The van der Waals surface area contributed by atoms with E-state index in [9.17, 15) is 13.2 Å². The molecule has 0 bridgehead atoms. The number of anilines is 1. The molecule has 1 saturated carbocycles. The van der Waals surface area contributed by atoms with Crippen molar-refractivity contribution >= 4 is 21.4 Å². The summed E-state index contributed by atoms with van der Waals surface area (Å²) in [5.74, 6) is -0.206. The Labute approximate surface area is 134 Å². The SMILES string of the molecule is Cc1nc(S(C)(=O)=O)ccc1NC(=O)C1=C2C=C3CC3=C2C=C1. The molecule has 1 aromatic rings. The number of aromatic nitrogens is 1. The van der Waals surface area contributed by atoms with Crippen LogP contribution in [-0.4, -0.2) is 25.6 Å². The van der Waals surface area contributed by atoms with Gasteiger partial charge in [0, 0.05) is 11.8 Å². The average Bonchev–Trinajstić information content (AvgIpc) is 2.95. The minimum Gasteiger partial charge on any atom is -0.320 e. The van der Waals surface area contributed by atoms with E-state index < -0.39 is 9.84 Å². The molecule has 3 aliphatic carbocycles. The maximum atomic E-state index is 12.5. The first kappa shape index (κ1) is 14.1. The lowest BCUT2D eigenvalue weighted by molar-refractivity contribution is -0.112. The van der Waals surface area contributed by atoms with Crippen LogP contribution in [0.4, 0.5) is 5.69 Å². The van der Waals surface area contributed by atoms with E-state index in [1.54, 1.807) is 13.0 Å². The number of allylic oxidation sites excluding steroid dienone is 6. The molecule has 0 saturated heterocycles. The van der Waals surface area contributed by atoms with E-state index in [-0.39, 0.29) is 10.9 Å². The van der Waals surface area contributed by atoms with Gasteiger partial charge in [-0.2, -0.15) is 0 Å². The standard InChI is InChI=1S/C17H14N2O3S/c1-9-15(5-6-16(18-9)23(2,21)22)19-17(20)12-4-3-11-13-7-10(13)8-14(11)12/h3-6,8H,7H2,1-2H3,(H,19,20). The van der Waals surface area contributed by atoms with Crippen molar-refractivity contribution in [3.63, 3.8) is 0 Å².